The topological polar surface area (TPSA) is 86.8 Å². The van der Waals surface area contributed by atoms with Gasteiger partial charge in [-0.3, -0.25) is 13.9 Å². The molecule has 3 rings (SSSR count). The molecule has 1 atom stereocenters. The molecule has 3 aromatic carbocycles. The summed E-state index contributed by atoms with van der Waals surface area (Å²) < 4.78 is 29.0. The minimum absolute atomic E-state index is 0.0382. The maximum atomic E-state index is 14.0. The third-order valence-electron chi connectivity index (χ3n) is 6.41. The number of benzene rings is 3. The fourth-order valence-electron chi connectivity index (χ4n) is 4.23. The molecule has 39 heavy (non-hydrogen) atoms. The monoisotopic (exact) mass is 569 g/mol. The van der Waals surface area contributed by atoms with Gasteiger partial charge in [0, 0.05) is 17.6 Å². The Morgan fingerprint density at radius 3 is 2.10 bits per heavy atom. The van der Waals surface area contributed by atoms with Crippen LogP contribution < -0.4 is 9.62 Å². The Bertz CT molecular complexity index is 1440. The molecule has 0 saturated carbocycles. The van der Waals surface area contributed by atoms with E-state index in [1.54, 1.807) is 49.4 Å². The van der Waals surface area contributed by atoms with E-state index in [4.69, 9.17) is 11.6 Å². The van der Waals surface area contributed by atoms with Crippen molar-refractivity contribution in [1.82, 2.24) is 10.2 Å². The molecule has 3 aromatic rings. The van der Waals surface area contributed by atoms with Crippen molar-refractivity contribution in [2.75, 3.05) is 10.8 Å². The Labute approximate surface area is 236 Å². The molecule has 0 spiro atoms. The quantitative estimate of drug-likeness (QED) is 0.354. The van der Waals surface area contributed by atoms with Crippen LogP contribution in [-0.2, 0) is 26.2 Å². The van der Waals surface area contributed by atoms with Crippen molar-refractivity contribution in [3.63, 3.8) is 0 Å². The van der Waals surface area contributed by atoms with Crippen molar-refractivity contribution in [2.45, 2.75) is 65.1 Å². The largest absolute Gasteiger partial charge is 0.352 e. The molecule has 0 aliphatic carbocycles. The fourth-order valence-corrected chi connectivity index (χ4v) is 5.91. The van der Waals surface area contributed by atoms with E-state index in [0.717, 1.165) is 15.4 Å². The highest BCUT2D eigenvalue weighted by Gasteiger charge is 2.33. The van der Waals surface area contributed by atoms with Crippen LogP contribution in [0.2, 0.25) is 5.02 Å². The Hall–Kier alpha value is -3.36. The van der Waals surface area contributed by atoms with Crippen LogP contribution in [-0.4, -0.2) is 43.8 Å². The van der Waals surface area contributed by atoms with Crippen molar-refractivity contribution >= 4 is 39.1 Å². The van der Waals surface area contributed by atoms with Gasteiger partial charge in [0.25, 0.3) is 10.0 Å². The molecular formula is C30H36ClN3O4S. The summed E-state index contributed by atoms with van der Waals surface area (Å²) >= 11 is 6.40. The lowest BCUT2D eigenvalue weighted by atomic mass is 10.1. The van der Waals surface area contributed by atoms with Crippen LogP contribution in [0.1, 0.15) is 43.0 Å². The number of sulfonamides is 1. The van der Waals surface area contributed by atoms with E-state index in [0.29, 0.717) is 21.8 Å². The molecule has 0 aliphatic rings. The zero-order chi connectivity index (χ0) is 28.9. The molecule has 0 aromatic heterocycles. The molecule has 2 amide bonds. The molecule has 0 bridgehead atoms. The number of anilines is 1. The third-order valence-corrected chi connectivity index (χ3v) is 8.55. The first-order chi connectivity index (χ1) is 18.3. The minimum atomic E-state index is -4.12. The van der Waals surface area contributed by atoms with E-state index >= 15 is 0 Å². The number of carbonyl (C=O) groups excluding carboxylic acids is 2. The second-order valence-electron chi connectivity index (χ2n) is 10.1. The summed E-state index contributed by atoms with van der Waals surface area (Å²) in [7, 11) is -4.12. The minimum Gasteiger partial charge on any atom is -0.352 e. The molecule has 7 nitrogen and oxygen atoms in total. The van der Waals surface area contributed by atoms with Crippen LogP contribution in [0.5, 0.6) is 0 Å². The van der Waals surface area contributed by atoms with Crippen molar-refractivity contribution in [2.24, 2.45) is 0 Å². The molecule has 0 aliphatic heterocycles. The first-order valence-electron chi connectivity index (χ1n) is 12.8. The molecule has 9 heteroatoms. The van der Waals surface area contributed by atoms with Gasteiger partial charge < -0.3 is 10.2 Å². The molecule has 0 heterocycles. The SMILES string of the molecule is Cc1ccc(S(=O)(=O)N(CC(=O)N(Cc2ccccc2Cl)[C@@H](C)C(=O)NC(C)C)c2ccc(C)cc2C)cc1. The lowest BCUT2D eigenvalue weighted by Gasteiger charge is -2.33. The number of nitrogens with one attached hydrogen (secondary N) is 1. The van der Waals surface area contributed by atoms with E-state index in [-0.39, 0.29) is 23.4 Å². The summed E-state index contributed by atoms with van der Waals surface area (Å²) in [5.41, 5.74) is 3.64. The maximum absolute atomic E-state index is 14.0. The van der Waals surface area contributed by atoms with Crippen LogP contribution >= 0.6 is 11.6 Å². The molecule has 0 saturated heterocycles. The van der Waals surface area contributed by atoms with E-state index in [2.05, 4.69) is 5.32 Å². The number of halogens is 1. The zero-order valence-corrected chi connectivity index (χ0v) is 24.8. The first-order valence-corrected chi connectivity index (χ1v) is 14.6. The van der Waals surface area contributed by atoms with Gasteiger partial charge in [-0.25, -0.2) is 8.42 Å². The van der Waals surface area contributed by atoms with Gasteiger partial charge in [-0.2, -0.15) is 0 Å². The van der Waals surface area contributed by atoms with Crippen LogP contribution in [0.25, 0.3) is 0 Å². The van der Waals surface area contributed by atoms with E-state index in [1.165, 1.54) is 17.0 Å². The predicted molar refractivity (Wildman–Crippen MR) is 156 cm³/mol. The number of hydrogen-bond donors (Lipinski definition) is 1. The summed E-state index contributed by atoms with van der Waals surface area (Å²) in [6, 6.07) is 18.0. The zero-order valence-electron chi connectivity index (χ0n) is 23.2. The van der Waals surface area contributed by atoms with Crippen LogP contribution in [0.4, 0.5) is 5.69 Å². The summed E-state index contributed by atoms with van der Waals surface area (Å²) in [4.78, 5) is 28.4. The van der Waals surface area contributed by atoms with E-state index in [1.807, 2.05) is 46.8 Å². The van der Waals surface area contributed by atoms with Crippen molar-refractivity contribution in [1.29, 1.82) is 0 Å². The van der Waals surface area contributed by atoms with Crippen LogP contribution in [0.15, 0.2) is 71.6 Å². The number of nitrogens with zero attached hydrogens (tertiary/aromatic N) is 2. The Morgan fingerprint density at radius 1 is 0.897 bits per heavy atom. The molecular weight excluding hydrogens is 534 g/mol. The number of carbonyl (C=O) groups is 2. The van der Waals surface area contributed by atoms with Gasteiger partial charge in [-0.05, 0) is 76.9 Å². The van der Waals surface area contributed by atoms with Crippen LogP contribution in [0.3, 0.4) is 0 Å². The van der Waals surface area contributed by atoms with Gasteiger partial charge in [0.15, 0.2) is 0 Å². The Morgan fingerprint density at radius 2 is 1.51 bits per heavy atom. The molecule has 1 N–H and O–H groups in total. The normalized spacial score (nSPS) is 12.2. The second kappa shape index (κ2) is 12.7. The highest BCUT2D eigenvalue weighted by atomic mass is 35.5. The summed E-state index contributed by atoms with van der Waals surface area (Å²) in [6.45, 7) is 10.4. The summed E-state index contributed by atoms with van der Waals surface area (Å²) in [5, 5.41) is 3.29. The highest BCUT2D eigenvalue weighted by molar-refractivity contribution is 7.92. The smallest absolute Gasteiger partial charge is 0.264 e. The number of amides is 2. The Balaban J connectivity index is 2.08. The van der Waals surface area contributed by atoms with Crippen LogP contribution in [0, 0.1) is 20.8 Å². The molecule has 0 unspecified atom stereocenters. The van der Waals surface area contributed by atoms with Gasteiger partial charge in [-0.15, -0.1) is 0 Å². The summed E-state index contributed by atoms with van der Waals surface area (Å²) in [5.74, 6) is -0.873. The predicted octanol–water partition coefficient (Wildman–Crippen LogP) is 5.40. The highest BCUT2D eigenvalue weighted by Crippen LogP contribution is 2.29. The maximum Gasteiger partial charge on any atom is 0.264 e. The average molecular weight is 570 g/mol. The Kier molecular flexibility index (Phi) is 9.80. The lowest BCUT2D eigenvalue weighted by Crippen LogP contribution is -2.52. The number of aryl methyl sites for hydroxylation is 3. The van der Waals surface area contributed by atoms with E-state index < -0.39 is 28.5 Å². The van der Waals surface area contributed by atoms with Gasteiger partial charge in [0.1, 0.15) is 12.6 Å². The van der Waals surface area contributed by atoms with Gasteiger partial charge >= 0.3 is 0 Å². The van der Waals surface area contributed by atoms with Gasteiger partial charge in [-0.1, -0.05) is 65.2 Å². The average Bonchev–Trinajstić information content (AvgIpc) is 2.86. The fraction of sp³-hybridized carbons (Fsp3) is 0.333. The van der Waals surface area contributed by atoms with Gasteiger partial charge in [0.05, 0.1) is 10.6 Å². The first kappa shape index (κ1) is 30.2. The van der Waals surface area contributed by atoms with Crippen molar-refractivity contribution in [3.8, 4) is 0 Å². The standard InChI is InChI=1S/C30H36ClN3O4S/c1-20(2)32-30(36)24(6)33(18-25-9-7-8-10-27(25)31)29(35)19-34(28-16-13-22(4)17-23(28)5)39(37,38)26-14-11-21(3)12-15-26/h7-17,20,24H,18-19H2,1-6H3,(H,32,36)/t24-/m0/s1. The van der Waals surface area contributed by atoms with Gasteiger partial charge in [0.2, 0.25) is 11.8 Å². The molecule has 0 radical (unpaired) electrons. The number of rotatable bonds is 10. The molecule has 0 fully saturated rings. The van der Waals surface area contributed by atoms with Crippen molar-refractivity contribution < 1.29 is 18.0 Å². The third kappa shape index (κ3) is 7.40. The number of hydrogen-bond acceptors (Lipinski definition) is 4. The summed E-state index contributed by atoms with van der Waals surface area (Å²) in [6.07, 6.45) is 0. The molecule has 208 valence electrons. The van der Waals surface area contributed by atoms with Crippen molar-refractivity contribution in [3.05, 3.63) is 94.0 Å². The van der Waals surface area contributed by atoms with E-state index in [9.17, 15) is 18.0 Å². The lowest BCUT2D eigenvalue weighted by molar-refractivity contribution is -0.139. The second-order valence-corrected chi connectivity index (χ2v) is 12.3.